The molecule has 35 heavy (non-hydrogen) atoms. The molecule has 6 nitrogen and oxygen atoms in total. The van der Waals surface area contributed by atoms with Gasteiger partial charge in [-0.15, -0.1) is 12.6 Å². The number of aryl methyl sites for hydroxylation is 2. The number of carbonyl (C=O) groups is 1. The first-order valence-electron chi connectivity index (χ1n) is 12.6. The van der Waals surface area contributed by atoms with Gasteiger partial charge in [-0.3, -0.25) is 0 Å². The summed E-state index contributed by atoms with van der Waals surface area (Å²) in [6.45, 7) is 3.89. The molecule has 0 amide bonds. The largest absolute Gasteiger partial charge is 0.465 e. The number of benzene rings is 2. The summed E-state index contributed by atoms with van der Waals surface area (Å²) in [4.78, 5) is 22.0. The minimum Gasteiger partial charge on any atom is -0.465 e. The predicted molar refractivity (Wildman–Crippen MR) is 143 cm³/mol. The molecule has 0 saturated heterocycles. The van der Waals surface area contributed by atoms with Crippen LogP contribution in [0.25, 0.3) is 33.5 Å². The van der Waals surface area contributed by atoms with E-state index >= 15 is 0 Å². The maximum Gasteiger partial charge on any atom is 0.337 e. The second-order valence-corrected chi connectivity index (χ2v) is 9.63. The summed E-state index contributed by atoms with van der Waals surface area (Å²) in [5.41, 5.74) is 6.88. The van der Waals surface area contributed by atoms with Crippen molar-refractivity contribution in [2.75, 3.05) is 7.11 Å². The van der Waals surface area contributed by atoms with E-state index in [-0.39, 0.29) is 5.97 Å². The average Bonchev–Trinajstić information content (AvgIpc) is 3.42. The van der Waals surface area contributed by atoms with E-state index < -0.39 is 0 Å². The van der Waals surface area contributed by atoms with Crippen molar-refractivity contribution in [3.63, 3.8) is 0 Å². The molecule has 0 atom stereocenters. The zero-order valence-electron chi connectivity index (χ0n) is 20.5. The molecule has 1 aliphatic rings. The highest BCUT2D eigenvalue weighted by Gasteiger charge is 2.20. The molecule has 0 unspecified atom stereocenters. The Hall–Kier alpha value is -3.06. The van der Waals surface area contributed by atoms with E-state index in [1.54, 1.807) is 0 Å². The Morgan fingerprint density at radius 2 is 1.97 bits per heavy atom. The second-order valence-electron chi connectivity index (χ2n) is 9.23. The number of thiol groups is 1. The smallest absolute Gasteiger partial charge is 0.337 e. The van der Waals surface area contributed by atoms with Gasteiger partial charge in [0, 0.05) is 18.7 Å². The van der Waals surface area contributed by atoms with Gasteiger partial charge in [-0.05, 0) is 68.9 Å². The third kappa shape index (κ3) is 4.61. The summed E-state index contributed by atoms with van der Waals surface area (Å²) in [6.07, 6.45) is 10.5. The Kier molecular flexibility index (Phi) is 6.95. The van der Waals surface area contributed by atoms with Gasteiger partial charge in [0.1, 0.15) is 5.82 Å². The fourth-order valence-electron chi connectivity index (χ4n) is 5.08. The zero-order chi connectivity index (χ0) is 24.4. The molecule has 2 aromatic heterocycles. The summed E-state index contributed by atoms with van der Waals surface area (Å²) >= 11 is 4.69. The average molecular weight is 489 g/mol. The third-order valence-electron chi connectivity index (χ3n) is 6.93. The molecule has 0 N–H and O–H groups in total. The monoisotopic (exact) mass is 488 g/mol. The Balaban J connectivity index is 1.67. The van der Waals surface area contributed by atoms with Crippen molar-refractivity contribution in [2.45, 2.75) is 70.1 Å². The van der Waals surface area contributed by atoms with Crippen LogP contribution in [0.5, 0.6) is 0 Å². The molecule has 4 aromatic rings. The number of hydrogen-bond acceptors (Lipinski definition) is 5. The van der Waals surface area contributed by atoms with E-state index in [4.69, 9.17) is 14.7 Å². The van der Waals surface area contributed by atoms with Gasteiger partial charge in [-0.2, -0.15) is 0 Å². The predicted octanol–water partition coefficient (Wildman–Crippen LogP) is 6.82. The van der Waals surface area contributed by atoms with Crippen molar-refractivity contribution in [1.29, 1.82) is 0 Å². The highest BCUT2D eigenvalue weighted by molar-refractivity contribution is 7.80. The quantitative estimate of drug-likeness (QED) is 0.168. The van der Waals surface area contributed by atoms with Crippen molar-refractivity contribution in [1.82, 2.24) is 19.1 Å². The van der Waals surface area contributed by atoms with E-state index in [0.29, 0.717) is 5.56 Å². The van der Waals surface area contributed by atoms with Crippen molar-refractivity contribution >= 4 is 40.7 Å². The fourth-order valence-corrected chi connectivity index (χ4v) is 5.38. The molecule has 7 heteroatoms. The van der Waals surface area contributed by atoms with Crippen LogP contribution >= 0.6 is 12.6 Å². The minimum absolute atomic E-state index is 0.352. The first kappa shape index (κ1) is 23.7. The van der Waals surface area contributed by atoms with Gasteiger partial charge in [0.25, 0.3) is 0 Å². The number of allylic oxidation sites excluding steroid dienone is 2. The number of carbonyl (C=O) groups excluding carboxylic acids is 1. The second kappa shape index (κ2) is 10.3. The van der Waals surface area contributed by atoms with Gasteiger partial charge in [-0.1, -0.05) is 31.1 Å². The van der Waals surface area contributed by atoms with Crippen molar-refractivity contribution in [3.8, 4) is 11.4 Å². The number of para-hydroxylation sites is 1. The number of imidazole rings is 2. The third-order valence-corrected chi connectivity index (χ3v) is 7.27. The molecule has 2 aromatic carbocycles. The summed E-state index contributed by atoms with van der Waals surface area (Å²) < 4.78 is 9.45. The van der Waals surface area contributed by atoms with Crippen molar-refractivity contribution in [3.05, 3.63) is 53.6 Å². The molecule has 182 valence electrons. The van der Waals surface area contributed by atoms with Crippen LogP contribution < -0.4 is 0 Å². The molecule has 0 bridgehead atoms. The van der Waals surface area contributed by atoms with Crippen LogP contribution in [-0.4, -0.2) is 32.2 Å². The lowest BCUT2D eigenvalue weighted by atomic mass is 9.97. The van der Waals surface area contributed by atoms with Crippen LogP contribution in [0.3, 0.4) is 0 Å². The van der Waals surface area contributed by atoms with Crippen LogP contribution in [0.15, 0.2) is 53.2 Å². The van der Waals surface area contributed by atoms with Gasteiger partial charge >= 0.3 is 5.97 Å². The SMILES string of the molecule is CCCCn1c(S)nc2cccc(-c3nc4cc(C(=O)OC)ccc4n3CCC3=CCCCC3)c21. The Labute approximate surface area is 211 Å². The molecule has 0 spiro atoms. The first-order chi connectivity index (χ1) is 17.1. The van der Waals surface area contributed by atoms with E-state index in [2.05, 4.69) is 40.8 Å². The Morgan fingerprint density at radius 1 is 1.09 bits per heavy atom. The lowest BCUT2D eigenvalue weighted by molar-refractivity contribution is 0.0601. The molecular formula is C28H32N4O2S. The zero-order valence-corrected chi connectivity index (χ0v) is 21.4. The minimum atomic E-state index is -0.352. The summed E-state index contributed by atoms with van der Waals surface area (Å²) in [5.74, 6) is 0.546. The number of esters is 1. The molecule has 1 aliphatic carbocycles. The molecule has 0 aliphatic heterocycles. The molecule has 0 fully saturated rings. The number of aromatic nitrogens is 4. The van der Waals surface area contributed by atoms with E-state index in [1.807, 2.05) is 30.3 Å². The molecule has 0 saturated carbocycles. The number of fused-ring (bicyclic) bond motifs is 2. The summed E-state index contributed by atoms with van der Waals surface area (Å²) in [7, 11) is 1.40. The first-order valence-corrected chi connectivity index (χ1v) is 13.0. The van der Waals surface area contributed by atoms with Crippen LogP contribution in [0, 0.1) is 0 Å². The Bertz CT molecular complexity index is 1420. The van der Waals surface area contributed by atoms with E-state index in [9.17, 15) is 4.79 Å². The van der Waals surface area contributed by atoms with Gasteiger partial charge in [-0.25, -0.2) is 14.8 Å². The van der Waals surface area contributed by atoms with Crippen molar-refractivity contribution < 1.29 is 9.53 Å². The highest BCUT2D eigenvalue weighted by atomic mass is 32.1. The summed E-state index contributed by atoms with van der Waals surface area (Å²) in [5, 5.41) is 0.726. The van der Waals surface area contributed by atoms with Gasteiger partial charge in [0.05, 0.1) is 34.7 Å². The number of methoxy groups -OCH3 is 1. The maximum atomic E-state index is 12.2. The number of unbranched alkanes of at least 4 members (excludes halogenated alkanes) is 1. The normalized spacial score (nSPS) is 14.0. The molecule has 2 heterocycles. The van der Waals surface area contributed by atoms with Crippen LogP contribution in [-0.2, 0) is 17.8 Å². The fraction of sp³-hybridized carbons (Fsp3) is 0.393. The Morgan fingerprint density at radius 3 is 2.74 bits per heavy atom. The van der Waals surface area contributed by atoms with Crippen LogP contribution in [0.2, 0.25) is 0 Å². The van der Waals surface area contributed by atoms with E-state index in [0.717, 1.165) is 71.0 Å². The van der Waals surface area contributed by atoms with Crippen molar-refractivity contribution in [2.24, 2.45) is 0 Å². The lowest BCUT2D eigenvalue weighted by Gasteiger charge is -2.16. The van der Waals surface area contributed by atoms with Gasteiger partial charge < -0.3 is 13.9 Å². The number of hydrogen-bond donors (Lipinski definition) is 1. The van der Waals surface area contributed by atoms with Gasteiger partial charge in [0.15, 0.2) is 5.16 Å². The molecular weight excluding hydrogens is 456 g/mol. The molecule has 0 radical (unpaired) electrons. The standard InChI is InChI=1S/C28H32N4O2S/c1-3-4-16-32-25-21(11-8-12-22(25)30-28(32)35)26-29-23-18-20(27(33)34-2)13-14-24(23)31(26)17-15-19-9-6-5-7-10-19/h8-9,11-14,18H,3-7,10,15-17H2,1-2H3,(H,30,35). The maximum absolute atomic E-state index is 12.2. The van der Waals surface area contributed by atoms with E-state index in [1.165, 1.54) is 38.4 Å². The lowest BCUT2D eigenvalue weighted by Crippen LogP contribution is -2.05. The topological polar surface area (TPSA) is 61.9 Å². The number of rotatable bonds is 8. The number of nitrogens with zero attached hydrogens (tertiary/aromatic N) is 4. The summed E-state index contributed by atoms with van der Waals surface area (Å²) in [6, 6.07) is 11.9. The highest BCUT2D eigenvalue weighted by Crippen LogP contribution is 2.34. The molecule has 5 rings (SSSR count). The van der Waals surface area contributed by atoms with Gasteiger partial charge in [0.2, 0.25) is 0 Å². The van der Waals surface area contributed by atoms with Crippen LogP contribution in [0.4, 0.5) is 0 Å². The number of ether oxygens (including phenoxy) is 1. The van der Waals surface area contributed by atoms with Crippen LogP contribution in [0.1, 0.15) is 62.2 Å².